The molecule has 4 heterocycles. The molecule has 1 aromatic heterocycles. The minimum absolute atomic E-state index is 0.242. The molecule has 4 heteroatoms. The molecule has 2 bridgehead atoms. The summed E-state index contributed by atoms with van der Waals surface area (Å²) in [7, 11) is 1.67. The van der Waals surface area contributed by atoms with Crippen molar-refractivity contribution in [2.24, 2.45) is 11.8 Å². The van der Waals surface area contributed by atoms with Crippen molar-refractivity contribution >= 4 is 10.9 Å². The molecule has 3 aliphatic heterocycles. The van der Waals surface area contributed by atoms with E-state index in [2.05, 4.69) is 24.6 Å². The molecule has 138 valence electrons. The first-order valence-electron chi connectivity index (χ1n) is 9.71. The third-order valence-electron chi connectivity index (χ3n) is 6.97. The quantitative estimate of drug-likeness (QED) is 0.658. The Morgan fingerprint density at radius 1 is 1.42 bits per heavy atom. The van der Waals surface area contributed by atoms with E-state index in [1.807, 2.05) is 30.5 Å². The van der Waals surface area contributed by atoms with Gasteiger partial charge in [-0.25, -0.2) is 0 Å². The number of fused-ring (bicyclic) bond motifs is 4. The van der Waals surface area contributed by atoms with Gasteiger partial charge in [0.2, 0.25) is 0 Å². The Kier molecular flexibility index (Phi) is 4.49. The van der Waals surface area contributed by atoms with E-state index < -0.39 is 6.10 Å². The molecule has 26 heavy (non-hydrogen) atoms. The fraction of sp³-hybridized carbons (Fsp3) is 0.500. The van der Waals surface area contributed by atoms with Gasteiger partial charge in [-0.15, -0.1) is 6.58 Å². The van der Waals surface area contributed by atoms with E-state index in [-0.39, 0.29) is 6.04 Å². The molecule has 3 saturated heterocycles. The Morgan fingerprint density at radius 2 is 2.27 bits per heavy atom. The highest BCUT2D eigenvalue weighted by atomic mass is 16.5. The Balaban J connectivity index is 1.75. The van der Waals surface area contributed by atoms with Gasteiger partial charge in [0.15, 0.2) is 0 Å². The molecule has 0 amide bonds. The van der Waals surface area contributed by atoms with Crippen molar-refractivity contribution in [3.05, 3.63) is 48.7 Å². The number of piperidine rings is 3. The van der Waals surface area contributed by atoms with E-state index in [0.717, 1.165) is 46.2 Å². The van der Waals surface area contributed by atoms with Crippen LogP contribution in [0.25, 0.3) is 10.9 Å². The summed E-state index contributed by atoms with van der Waals surface area (Å²) in [4.78, 5) is 4.47. The molecule has 2 aromatic rings. The Labute approximate surface area is 155 Å². The zero-order valence-electron chi connectivity index (χ0n) is 15.8. The van der Waals surface area contributed by atoms with Crippen molar-refractivity contribution in [2.75, 3.05) is 26.7 Å². The molecule has 4 nitrogen and oxygen atoms in total. The minimum atomic E-state index is -0.485. The van der Waals surface area contributed by atoms with Gasteiger partial charge in [-0.05, 0) is 42.7 Å². The first-order valence-corrected chi connectivity index (χ1v) is 9.71. The van der Waals surface area contributed by atoms with Gasteiger partial charge in [-0.2, -0.15) is 0 Å². The summed E-state index contributed by atoms with van der Waals surface area (Å²) in [6.45, 7) is 9.66. The summed E-state index contributed by atoms with van der Waals surface area (Å²) in [6, 6.07) is 8.11. The number of aliphatic hydroxyl groups is 1. The van der Waals surface area contributed by atoms with E-state index in [4.69, 9.17) is 4.74 Å². The van der Waals surface area contributed by atoms with E-state index in [1.54, 1.807) is 7.11 Å². The Hall–Kier alpha value is -1.91. The van der Waals surface area contributed by atoms with Crippen molar-refractivity contribution in [1.82, 2.24) is 4.98 Å². The SMILES string of the molecule is C=C[C@H]1C[N@+]2(CC)CC[C@H]1C[C@H]2[C@H](O)c1ccnc2ccc(OC)cc12. The summed E-state index contributed by atoms with van der Waals surface area (Å²) in [5.41, 5.74) is 1.89. The molecule has 0 saturated carbocycles. The summed E-state index contributed by atoms with van der Waals surface area (Å²) >= 11 is 0. The fourth-order valence-corrected chi connectivity index (χ4v) is 5.38. The van der Waals surface area contributed by atoms with Gasteiger partial charge < -0.3 is 14.3 Å². The average molecular weight is 353 g/mol. The maximum Gasteiger partial charge on any atom is 0.131 e. The fourth-order valence-electron chi connectivity index (χ4n) is 5.38. The Morgan fingerprint density at radius 3 is 3.00 bits per heavy atom. The Bertz CT molecular complexity index is 821. The third kappa shape index (κ3) is 2.63. The molecule has 1 N–H and O–H groups in total. The number of pyridine rings is 1. The van der Waals surface area contributed by atoms with Crippen LogP contribution in [0.4, 0.5) is 0 Å². The summed E-state index contributed by atoms with van der Waals surface area (Å²) in [5.74, 6) is 2.04. The van der Waals surface area contributed by atoms with Crippen molar-refractivity contribution in [2.45, 2.75) is 31.9 Å². The summed E-state index contributed by atoms with van der Waals surface area (Å²) in [5, 5.41) is 12.5. The number of aliphatic hydroxyl groups excluding tert-OH is 1. The van der Waals surface area contributed by atoms with E-state index >= 15 is 0 Å². The monoisotopic (exact) mass is 353 g/mol. The predicted molar refractivity (Wildman–Crippen MR) is 104 cm³/mol. The predicted octanol–water partition coefficient (Wildman–Crippen LogP) is 3.71. The minimum Gasteiger partial charge on any atom is -0.497 e. The van der Waals surface area contributed by atoms with Crippen molar-refractivity contribution in [1.29, 1.82) is 0 Å². The van der Waals surface area contributed by atoms with Crippen LogP contribution in [0.5, 0.6) is 5.75 Å². The molecule has 3 aliphatic rings. The standard InChI is InChI=1S/C22H29N2O2/c1-4-15-14-24(5-2)11-9-16(15)12-21(24)22(25)18-8-10-23-20-7-6-17(26-3)13-19(18)20/h4,6-8,10,13,15-16,21-22,25H,1,5,9,11-12,14H2,2-3H3/q+1/t15-,16-,21-,22+,24-/m0/s1. The van der Waals surface area contributed by atoms with E-state index in [1.165, 1.54) is 13.0 Å². The van der Waals surface area contributed by atoms with Gasteiger partial charge in [0.25, 0.3) is 0 Å². The lowest BCUT2D eigenvalue weighted by Crippen LogP contribution is -2.68. The zero-order chi connectivity index (χ0) is 18.3. The topological polar surface area (TPSA) is 42.4 Å². The zero-order valence-corrected chi connectivity index (χ0v) is 15.8. The molecule has 0 aliphatic carbocycles. The maximum absolute atomic E-state index is 11.5. The van der Waals surface area contributed by atoms with Crippen molar-refractivity contribution in [3.63, 3.8) is 0 Å². The van der Waals surface area contributed by atoms with Crippen LogP contribution in [0.2, 0.25) is 0 Å². The molecule has 0 unspecified atom stereocenters. The summed E-state index contributed by atoms with van der Waals surface area (Å²) < 4.78 is 6.40. The summed E-state index contributed by atoms with van der Waals surface area (Å²) in [6.07, 6.45) is 5.79. The molecular weight excluding hydrogens is 324 g/mol. The van der Waals surface area contributed by atoms with E-state index in [9.17, 15) is 5.11 Å². The number of hydrogen-bond donors (Lipinski definition) is 1. The second kappa shape index (κ2) is 6.67. The van der Waals surface area contributed by atoms with Gasteiger partial charge in [0, 0.05) is 30.3 Å². The first kappa shape index (κ1) is 17.5. The largest absolute Gasteiger partial charge is 0.497 e. The van der Waals surface area contributed by atoms with Crippen LogP contribution in [0.3, 0.4) is 0 Å². The van der Waals surface area contributed by atoms with Gasteiger partial charge in [0.1, 0.15) is 17.9 Å². The highest BCUT2D eigenvalue weighted by Gasteiger charge is 2.53. The van der Waals surface area contributed by atoms with Gasteiger partial charge in [-0.3, -0.25) is 4.98 Å². The van der Waals surface area contributed by atoms with Gasteiger partial charge in [0.05, 0.1) is 32.3 Å². The number of quaternary nitrogens is 1. The number of benzene rings is 1. The lowest BCUT2D eigenvalue weighted by Gasteiger charge is -2.57. The molecule has 5 atom stereocenters. The van der Waals surface area contributed by atoms with Crippen LogP contribution < -0.4 is 4.74 Å². The van der Waals surface area contributed by atoms with E-state index in [0.29, 0.717) is 11.8 Å². The van der Waals surface area contributed by atoms with Crippen LogP contribution in [-0.2, 0) is 0 Å². The van der Waals surface area contributed by atoms with Crippen molar-refractivity contribution in [3.8, 4) is 5.75 Å². The normalized spacial score (nSPS) is 31.7. The molecule has 1 aromatic carbocycles. The van der Waals surface area contributed by atoms with Crippen LogP contribution in [0.1, 0.15) is 31.4 Å². The van der Waals surface area contributed by atoms with Crippen molar-refractivity contribution < 1.29 is 14.3 Å². The molecule has 3 fully saturated rings. The lowest BCUT2D eigenvalue weighted by atomic mass is 9.71. The smallest absolute Gasteiger partial charge is 0.131 e. The van der Waals surface area contributed by atoms with Crippen LogP contribution in [0, 0.1) is 11.8 Å². The first-order chi connectivity index (χ1) is 12.6. The third-order valence-corrected chi connectivity index (χ3v) is 6.97. The second-order valence-corrected chi connectivity index (χ2v) is 7.92. The lowest BCUT2D eigenvalue weighted by molar-refractivity contribution is -0.971. The number of rotatable bonds is 5. The molecule has 0 radical (unpaired) electrons. The number of nitrogens with zero attached hydrogens (tertiary/aromatic N) is 2. The average Bonchev–Trinajstić information content (AvgIpc) is 2.72. The van der Waals surface area contributed by atoms with Crippen LogP contribution in [0.15, 0.2) is 43.1 Å². The molecular formula is C22H29N2O2+. The molecule has 5 rings (SSSR count). The highest BCUT2D eigenvalue weighted by Crippen LogP contribution is 2.46. The van der Waals surface area contributed by atoms with Gasteiger partial charge >= 0.3 is 0 Å². The molecule has 0 spiro atoms. The van der Waals surface area contributed by atoms with Crippen LogP contribution >= 0.6 is 0 Å². The number of likely N-dealkylation sites (N-methyl/N-ethyl adjacent to an activating group) is 1. The number of aromatic nitrogens is 1. The number of hydrogen-bond acceptors (Lipinski definition) is 3. The maximum atomic E-state index is 11.5. The number of methoxy groups -OCH3 is 1. The number of ether oxygens (including phenoxy) is 1. The highest BCUT2D eigenvalue weighted by molar-refractivity contribution is 5.83. The second-order valence-electron chi connectivity index (χ2n) is 7.92. The van der Waals surface area contributed by atoms with Gasteiger partial charge in [-0.1, -0.05) is 6.08 Å². The van der Waals surface area contributed by atoms with Crippen LogP contribution in [-0.4, -0.2) is 47.4 Å².